The summed E-state index contributed by atoms with van der Waals surface area (Å²) in [7, 11) is 0. The van der Waals surface area contributed by atoms with Gasteiger partial charge < -0.3 is 10.6 Å². The van der Waals surface area contributed by atoms with Crippen molar-refractivity contribution in [3.8, 4) is 0 Å². The van der Waals surface area contributed by atoms with E-state index in [1.54, 1.807) is 6.20 Å². The van der Waals surface area contributed by atoms with Crippen LogP contribution >= 0.6 is 0 Å². The molecule has 0 atom stereocenters. The van der Waals surface area contributed by atoms with E-state index in [-0.39, 0.29) is 0 Å². The zero-order valence-electron chi connectivity index (χ0n) is 9.53. The highest BCUT2D eigenvalue weighted by molar-refractivity contribution is 5.42. The van der Waals surface area contributed by atoms with Gasteiger partial charge in [-0.05, 0) is 31.5 Å². The van der Waals surface area contributed by atoms with Crippen molar-refractivity contribution in [3.05, 3.63) is 36.0 Å². The molecule has 2 N–H and O–H groups in total. The molecule has 0 amide bonds. The van der Waals surface area contributed by atoms with Crippen LogP contribution < -0.4 is 10.6 Å². The molecule has 0 aromatic carbocycles. The van der Waals surface area contributed by atoms with Crippen molar-refractivity contribution < 1.29 is 0 Å². The number of nitrogens with two attached hydrogens (primary N) is 1. The number of anilines is 1. The first-order valence-electron chi connectivity index (χ1n) is 5.21. The van der Waals surface area contributed by atoms with Gasteiger partial charge in [0, 0.05) is 25.8 Å². The topological polar surface area (TPSA) is 42.1 Å². The lowest BCUT2D eigenvalue weighted by Gasteiger charge is -2.22. The van der Waals surface area contributed by atoms with Crippen LogP contribution in [0.2, 0.25) is 0 Å². The highest BCUT2D eigenvalue weighted by Gasteiger charge is 2.05. The molecule has 0 aliphatic heterocycles. The summed E-state index contributed by atoms with van der Waals surface area (Å²) >= 11 is 0. The van der Waals surface area contributed by atoms with Gasteiger partial charge in [-0.25, -0.2) is 4.98 Å². The van der Waals surface area contributed by atoms with Crippen molar-refractivity contribution in [3.63, 3.8) is 0 Å². The van der Waals surface area contributed by atoms with Crippen LogP contribution in [0.5, 0.6) is 0 Å². The molecule has 0 aliphatic rings. The molecule has 3 nitrogen and oxygen atoms in total. The van der Waals surface area contributed by atoms with Gasteiger partial charge in [-0.15, -0.1) is 0 Å². The quantitative estimate of drug-likeness (QED) is 0.747. The highest BCUT2D eigenvalue weighted by atomic mass is 15.2. The maximum absolute atomic E-state index is 5.60. The fourth-order valence-corrected chi connectivity index (χ4v) is 1.44. The van der Waals surface area contributed by atoms with Gasteiger partial charge in [0.1, 0.15) is 5.82 Å². The van der Waals surface area contributed by atoms with Crippen molar-refractivity contribution in [2.45, 2.75) is 20.4 Å². The molecule has 0 spiro atoms. The van der Waals surface area contributed by atoms with Gasteiger partial charge >= 0.3 is 0 Å². The average Bonchev–Trinajstić information content (AvgIpc) is 2.25. The molecule has 0 fully saturated rings. The number of nitrogens with zero attached hydrogens (tertiary/aromatic N) is 2. The number of likely N-dealkylation sites (N-methyl/N-ethyl adjacent to an activating group) is 1. The third-order valence-corrected chi connectivity index (χ3v) is 2.21. The monoisotopic (exact) mass is 205 g/mol. The first-order valence-corrected chi connectivity index (χ1v) is 5.21. The maximum atomic E-state index is 5.60. The summed E-state index contributed by atoms with van der Waals surface area (Å²) in [5.74, 6) is 0.975. The molecule has 1 heterocycles. The first-order chi connectivity index (χ1) is 7.17. The fourth-order valence-electron chi connectivity index (χ4n) is 1.44. The molecule has 1 rings (SSSR count). The number of hydrogen-bond donors (Lipinski definition) is 1. The average molecular weight is 205 g/mol. The van der Waals surface area contributed by atoms with E-state index in [0.29, 0.717) is 6.54 Å². The maximum Gasteiger partial charge on any atom is 0.129 e. The SMILES string of the molecule is C=C(C)CN(CC)c1cc(CN)ccn1. The minimum atomic E-state index is 0.556. The van der Waals surface area contributed by atoms with Crippen LogP contribution in [-0.4, -0.2) is 18.1 Å². The van der Waals surface area contributed by atoms with Crippen LogP contribution in [-0.2, 0) is 6.54 Å². The van der Waals surface area contributed by atoms with E-state index < -0.39 is 0 Å². The summed E-state index contributed by atoms with van der Waals surface area (Å²) in [6.07, 6.45) is 1.80. The Morgan fingerprint density at radius 1 is 1.60 bits per heavy atom. The van der Waals surface area contributed by atoms with Crippen molar-refractivity contribution in [2.24, 2.45) is 5.73 Å². The zero-order chi connectivity index (χ0) is 11.3. The molecule has 0 aliphatic carbocycles. The lowest BCUT2D eigenvalue weighted by molar-refractivity contribution is 0.856. The lowest BCUT2D eigenvalue weighted by atomic mass is 10.2. The zero-order valence-corrected chi connectivity index (χ0v) is 9.53. The second kappa shape index (κ2) is 5.51. The molecule has 3 heteroatoms. The van der Waals surface area contributed by atoms with Crippen LogP contribution in [0.15, 0.2) is 30.5 Å². The third kappa shape index (κ3) is 3.36. The summed E-state index contributed by atoms with van der Waals surface area (Å²) in [4.78, 5) is 6.52. The molecule has 15 heavy (non-hydrogen) atoms. The molecular weight excluding hydrogens is 186 g/mol. The van der Waals surface area contributed by atoms with Crippen molar-refractivity contribution >= 4 is 5.82 Å². The van der Waals surface area contributed by atoms with E-state index in [9.17, 15) is 0 Å². The second-order valence-corrected chi connectivity index (χ2v) is 3.70. The number of rotatable bonds is 5. The van der Waals surface area contributed by atoms with Gasteiger partial charge in [0.25, 0.3) is 0 Å². The van der Waals surface area contributed by atoms with Gasteiger partial charge in [0.05, 0.1) is 0 Å². The first kappa shape index (κ1) is 11.7. The van der Waals surface area contributed by atoms with Gasteiger partial charge in [-0.2, -0.15) is 0 Å². The van der Waals surface area contributed by atoms with Gasteiger partial charge in [0.2, 0.25) is 0 Å². The largest absolute Gasteiger partial charge is 0.353 e. The minimum absolute atomic E-state index is 0.556. The smallest absolute Gasteiger partial charge is 0.129 e. The van der Waals surface area contributed by atoms with Gasteiger partial charge in [0.15, 0.2) is 0 Å². The molecule has 1 aromatic rings. The molecule has 0 radical (unpaired) electrons. The normalized spacial score (nSPS) is 10.1. The molecular formula is C12H19N3. The molecule has 0 saturated carbocycles. The second-order valence-electron chi connectivity index (χ2n) is 3.70. The molecule has 82 valence electrons. The Hall–Kier alpha value is -1.35. The lowest BCUT2D eigenvalue weighted by Crippen LogP contribution is -2.25. The van der Waals surface area contributed by atoms with E-state index >= 15 is 0 Å². The van der Waals surface area contributed by atoms with Crippen LogP contribution in [0.3, 0.4) is 0 Å². The Labute approximate surface area is 91.6 Å². The van der Waals surface area contributed by atoms with Crippen molar-refractivity contribution in [2.75, 3.05) is 18.0 Å². The van der Waals surface area contributed by atoms with E-state index in [1.807, 2.05) is 19.1 Å². The van der Waals surface area contributed by atoms with E-state index in [4.69, 9.17) is 5.73 Å². The van der Waals surface area contributed by atoms with E-state index in [1.165, 1.54) is 0 Å². The Balaban J connectivity index is 2.85. The highest BCUT2D eigenvalue weighted by Crippen LogP contribution is 2.13. The van der Waals surface area contributed by atoms with Crippen molar-refractivity contribution in [1.82, 2.24) is 4.98 Å². The van der Waals surface area contributed by atoms with Crippen LogP contribution in [0.25, 0.3) is 0 Å². The predicted octanol–water partition coefficient (Wildman–Crippen LogP) is 1.94. The standard InChI is InChI=1S/C12H19N3/c1-4-15(9-10(2)3)12-7-11(8-13)5-6-14-12/h5-7H,2,4,8-9,13H2,1,3H3. The Morgan fingerprint density at radius 3 is 2.87 bits per heavy atom. The number of hydrogen-bond acceptors (Lipinski definition) is 3. The van der Waals surface area contributed by atoms with E-state index in [2.05, 4.69) is 23.4 Å². The summed E-state index contributed by atoms with van der Waals surface area (Å²) in [6, 6.07) is 3.98. The molecule has 0 bridgehead atoms. The van der Waals surface area contributed by atoms with Crippen molar-refractivity contribution in [1.29, 1.82) is 0 Å². The fraction of sp³-hybridized carbons (Fsp3) is 0.417. The van der Waals surface area contributed by atoms with Crippen LogP contribution in [0.1, 0.15) is 19.4 Å². The van der Waals surface area contributed by atoms with Gasteiger partial charge in [-0.3, -0.25) is 0 Å². The van der Waals surface area contributed by atoms with Gasteiger partial charge in [-0.1, -0.05) is 12.2 Å². The summed E-state index contributed by atoms with van der Waals surface area (Å²) in [5, 5.41) is 0. The summed E-state index contributed by atoms with van der Waals surface area (Å²) < 4.78 is 0. The Morgan fingerprint density at radius 2 is 2.33 bits per heavy atom. The van der Waals surface area contributed by atoms with Crippen LogP contribution in [0, 0.1) is 0 Å². The summed E-state index contributed by atoms with van der Waals surface area (Å²) in [5.41, 5.74) is 7.84. The van der Waals surface area contributed by atoms with E-state index in [0.717, 1.165) is 30.0 Å². The predicted molar refractivity (Wildman–Crippen MR) is 64.8 cm³/mol. The molecule has 1 aromatic heterocycles. The summed E-state index contributed by atoms with van der Waals surface area (Å²) in [6.45, 7) is 10.4. The Bertz CT molecular complexity index is 333. The molecule has 0 unspecified atom stereocenters. The van der Waals surface area contributed by atoms with Crippen LogP contribution in [0.4, 0.5) is 5.82 Å². The number of aromatic nitrogens is 1. The third-order valence-electron chi connectivity index (χ3n) is 2.21. The number of pyridine rings is 1. The minimum Gasteiger partial charge on any atom is -0.353 e. The molecule has 0 saturated heterocycles. The Kier molecular flexibility index (Phi) is 4.31.